The molecule has 1 aliphatic heterocycles. The van der Waals surface area contributed by atoms with Gasteiger partial charge in [0.05, 0.1) is 12.7 Å². The van der Waals surface area contributed by atoms with Crippen molar-refractivity contribution >= 4 is 0 Å². The molecule has 0 amide bonds. The van der Waals surface area contributed by atoms with Crippen LogP contribution in [0.4, 0.5) is 0 Å². The topological polar surface area (TPSA) is 88.4 Å². The predicted molar refractivity (Wildman–Crippen MR) is 96.3 cm³/mol. The van der Waals surface area contributed by atoms with Gasteiger partial charge < -0.3 is 29.5 Å². The van der Waals surface area contributed by atoms with Crippen LogP contribution in [0.5, 0.6) is 0 Å². The van der Waals surface area contributed by atoms with Crippen LogP contribution >= 0.6 is 0 Å². The van der Waals surface area contributed by atoms with Crippen LogP contribution in [0.25, 0.3) is 0 Å². The van der Waals surface area contributed by atoms with E-state index in [1.54, 1.807) is 0 Å². The third-order valence-electron chi connectivity index (χ3n) is 4.92. The third-order valence-corrected chi connectivity index (χ3v) is 4.92. The fourth-order valence-corrected chi connectivity index (χ4v) is 3.32. The number of unbranched alkanes of at least 4 members (excludes halogenated alkanes) is 7. The zero-order valence-electron chi connectivity index (χ0n) is 16.1. The van der Waals surface area contributed by atoms with Crippen molar-refractivity contribution in [2.24, 2.45) is 0 Å². The van der Waals surface area contributed by atoms with Gasteiger partial charge in [-0.25, -0.2) is 0 Å². The summed E-state index contributed by atoms with van der Waals surface area (Å²) < 4.78 is 16.4. The Labute approximate surface area is 152 Å². The molecule has 1 fully saturated rings. The monoisotopic (exact) mass is 362 g/mol. The SMILES string of the molecule is CCCCCCCCCC[C@@H](C)O[C@@H]1OC(CO)[C@@H](OC)C(O)C1O. The molecule has 3 unspecified atom stereocenters. The van der Waals surface area contributed by atoms with Crippen molar-refractivity contribution in [3.63, 3.8) is 0 Å². The van der Waals surface area contributed by atoms with Crippen molar-refractivity contribution in [3.05, 3.63) is 0 Å². The van der Waals surface area contributed by atoms with E-state index < -0.39 is 30.7 Å². The van der Waals surface area contributed by atoms with E-state index >= 15 is 0 Å². The van der Waals surface area contributed by atoms with Crippen LogP contribution in [0.3, 0.4) is 0 Å². The molecule has 0 saturated carbocycles. The Bertz CT molecular complexity index is 325. The molecule has 0 aromatic rings. The highest BCUT2D eigenvalue weighted by Crippen LogP contribution is 2.25. The molecule has 0 bridgehead atoms. The van der Waals surface area contributed by atoms with E-state index in [2.05, 4.69) is 6.92 Å². The maximum atomic E-state index is 10.2. The molecule has 0 aliphatic carbocycles. The number of aliphatic hydroxyl groups is 3. The first-order valence-electron chi connectivity index (χ1n) is 9.85. The molecule has 1 rings (SSSR count). The van der Waals surface area contributed by atoms with Gasteiger partial charge in [-0.15, -0.1) is 0 Å². The molecule has 3 N–H and O–H groups in total. The smallest absolute Gasteiger partial charge is 0.186 e. The minimum atomic E-state index is -1.19. The molecule has 6 atom stereocenters. The first-order chi connectivity index (χ1) is 12.0. The normalized spacial score (nSPS) is 31.2. The van der Waals surface area contributed by atoms with E-state index in [0.29, 0.717) is 0 Å². The highest BCUT2D eigenvalue weighted by Gasteiger charge is 2.45. The van der Waals surface area contributed by atoms with Gasteiger partial charge in [-0.1, -0.05) is 58.3 Å². The van der Waals surface area contributed by atoms with Gasteiger partial charge >= 0.3 is 0 Å². The summed E-state index contributed by atoms with van der Waals surface area (Å²) in [6, 6.07) is 0. The summed E-state index contributed by atoms with van der Waals surface area (Å²) in [6.45, 7) is 3.88. The van der Waals surface area contributed by atoms with E-state index in [1.807, 2.05) is 6.92 Å². The Balaban J connectivity index is 2.23. The number of hydrogen-bond donors (Lipinski definition) is 3. The molecular weight excluding hydrogens is 324 g/mol. The highest BCUT2D eigenvalue weighted by molar-refractivity contribution is 4.90. The van der Waals surface area contributed by atoms with Crippen LogP contribution < -0.4 is 0 Å². The van der Waals surface area contributed by atoms with Crippen molar-refractivity contribution < 1.29 is 29.5 Å². The number of ether oxygens (including phenoxy) is 3. The van der Waals surface area contributed by atoms with Crippen molar-refractivity contribution in [1.29, 1.82) is 0 Å². The average molecular weight is 363 g/mol. The summed E-state index contributed by atoms with van der Waals surface area (Å²) >= 11 is 0. The van der Waals surface area contributed by atoms with Gasteiger partial charge in [-0.05, 0) is 13.3 Å². The molecule has 6 heteroatoms. The summed E-state index contributed by atoms with van der Waals surface area (Å²) in [7, 11) is 1.42. The van der Waals surface area contributed by atoms with Crippen LogP contribution in [0, 0.1) is 0 Å². The lowest BCUT2D eigenvalue weighted by molar-refractivity contribution is -0.313. The molecule has 1 saturated heterocycles. The second kappa shape index (κ2) is 13.0. The zero-order chi connectivity index (χ0) is 18.7. The molecule has 0 aromatic carbocycles. The largest absolute Gasteiger partial charge is 0.394 e. The number of methoxy groups -OCH3 is 1. The molecular formula is C19H38O6. The summed E-state index contributed by atoms with van der Waals surface area (Å²) in [5.74, 6) is 0. The van der Waals surface area contributed by atoms with Crippen molar-refractivity contribution in [1.82, 2.24) is 0 Å². The zero-order valence-corrected chi connectivity index (χ0v) is 16.1. The Morgan fingerprint density at radius 1 is 0.960 bits per heavy atom. The molecule has 150 valence electrons. The molecule has 1 aliphatic rings. The van der Waals surface area contributed by atoms with E-state index in [9.17, 15) is 15.3 Å². The van der Waals surface area contributed by atoms with Crippen molar-refractivity contribution in [2.45, 2.75) is 108 Å². The van der Waals surface area contributed by atoms with Crippen LogP contribution in [-0.2, 0) is 14.2 Å². The van der Waals surface area contributed by atoms with Gasteiger partial charge in [0.15, 0.2) is 6.29 Å². The van der Waals surface area contributed by atoms with Gasteiger partial charge in [0.2, 0.25) is 0 Å². The molecule has 6 nitrogen and oxygen atoms in total. The minimum absolute atomic E-state index is 0.0784. The van der Waals surface area contributed by atoms with Crippen LogP contribution in [0.2, 0.25) is 0 Å². The summed E-state index contributed by atoms with van der Waals surface area (Å²) in [5, 5.41) is 29.6. The maximum Gasteiger partial charge on any atom is 0.186 e. The van der Waals surface area contributed by atoms with E-state index in [1.165, 1.54) is 52.1 Å². The first kappa shape index (κ1) is 22.8. The molecule has 0 spiro atoms. The summed E-state index contributed by atoms with van der Waals surface area (Å²) in [6.07, 6.45) is 6.14. The lowest BCUT2D eigenvalue weighted by Crippen LogP contribution is -2.60. The fourth-order valence-electron chi connectivity index (χ4n) is 3.32. The van der Waals surface area contributed by atoms with Gasteiger partial charge in [-0.3, -0.25) is 0 Å². The van der Waals surface area contributed by atoms with Gasteiger partial charge in [0.1, 0.15) is 24.4 Å². The average Bonchev–Trinajstić information content (AvgIpc) is 2.61. The second-order valence-corrected chi connectivity index (χ2v) is 7.12. The quantitative estimate of drug-likeness (QED) is 0.436. The Morgan fingerprint density at radius 3 is 2.12 bits per heavy atom. The van der Waals surface area contributed by atoms with Crippen molar-refractivity contribution in [2.75, 3.05) is 13.7 Å². The number of hydrogen-bond acceptors (Lipinski definition) is 6. The third kappa shape index (κ3) is 7.89. The standard InChI is InChI=1S/C19H38O6/c1-4-5-6-7-8-9-10-11-12-14(2)24-19-17(22)16(21)18(23-3)15(13-20)25-19/h14-22H,4-13H2,1-3H3/t14-,15?,16?,17?,18-,19-/m1/s1. The molecule has 0 radical (unpaired) electrons. The van der Waals surface area contributed by atoms with Crippen LogP contribution in [0.1, 0.15) is 71.6 Å². The molecule has 0 aromatic heterocycles. The van der Waals surface area contributed by atoms with Gasteiger partial charge in [0.25, 0.3) is 0 Å². The van der Waals surface area contributed by atoms with Crippen LogP contribution in [-0.4, -0.2) is 65.8 Å². The summed E-state index contributed by atoms with van der Waals surface area (Å²) in [5.41, 5.74) is 0. The highest BCUT2D eigenvalue weighted by atomic mass is 16.7. The summed E-state index contributed by atoms with van der Waals surface area (Å²) in [4.78, 5) is 0. The first-order valence-corrected chi connectivity index (χ1v) is 9.85. The Morgan fingerprint density at radius 2 is 1.56 bits per heavy atom. The minimum Gasteiger partial charge on any atom is -0.394 e. The van der Waals surface area contributed by atoms with Crippen molar-refractivity contribution in [3.8, 4) is 0 Å². The van der Waals surface area contributed by atoms with E-state index in [0.717, 1.165) is 12.8 Å². The van der Waals surface area contributed by atoms with Gasteiger partial charge in [-0.2, -0.15) is 0 Å². The second-order valence-electron chi connectivity index (χ2n) is 7.12. The lowest BCUT2D eigenvalue weighted by atomic mass is 9.99. The maximum absolute atomic E-state index is 10.2. The fraction of sp³-hybridized carbons (Fsp3) is 1.00. The van der Waals surface area contributed by atoms with Gasteiger partial charge in [0, 0.05) is 7.11 Å². The Kier molecular flexibility index (Phi) is 11.9. The van der Waals surface area contributed by atoms with Crippen LogP contribution in [0.15, 0.2) is 0 Å². The number of rotatable bonds is 13. The van der Waals surface area contributed by atoms with E-state index in [-0.39, 0.29) is 12.7 Å². The molecule has 1 heterocycles. The predicted octanol–water partition coefficient (Wildman–Crippen LogP) is 2.38. The van der Waals surface area contributed by atoms with E-state index in [4.69, 9.17) is 14.2 Å². The Hall–Kier alpha value is -0.240. The molecule has 25 heavy (non-hydrogen) atoms. The number of aliphatic hydroxyl groups excluding tert-OH is 3. The lowest BCUT2D eigenvalue weighted by Gasteiger charge is -2.42.